The second-order valence-electron chi connectivity index (χ2n) is 9.03. The van der Waals surface area contributed by atoms with Crippen molar-refractivity contribution < 1.29 is 5.11 Å². The number of aliphatic hydroxyl groups is 1. The summed E-state index contributed by atoms with van der Waals surface area (Å²) in [4.78, 5) is 0. The third kappa shape index (κ3) is 7.35. The molecule has 2 bridgehead atoms. The van der Waals surface area contributed by atoms with E-state index in [0.29, 0.717) is 12.5 Å². The topological polar surface area (TPSA) is 32.3 Å². The van der Waals surface area contributed by atoms with Gasteiger partial charge in [-0.05, 0) is 37.6 Å². The van der Waals surface area contributed by atoms with Crippen LogP contribution in [0.1, 0.15) is 110 Å². The van der Waals surface area contributed by atoms with Gasteiger partial charge in [0, 0.05) is 5.54 Å². The van der Waals surface area contributed by atoms with Gasteiger partial charge < -0.3 is 10.4 Å². The first-order chi connectivity index (χ1) is 12.8. The van der Waals surface area contributed by atoms with Gasteiger partial charge in [-0.2, -0.15) is 0 Å². The maximum absolute atomic E-state index is 9.86. The van der Waals surface area contributed by atoms with Gasteiger partial charge in [-0.1, -0.05) is 103 Å². The second kappa shape index (κ2) is 12.9. The van der Waals surface area contributed by atoms with Crippen molar-refractivity contribution in [2.24, 2.45) is 11.8 Å². The molecule has 0 amide bonds. The van der Waals surface area contributed by atoms with Crippen LogP contribution in [0.25, 0.3) is 0 Å². The monoisotopic (exact) mass is 363 g/mol. The maximum atomic E-state index is 9.86. The van der Waals surface area contributed by atoms with Crippen molar-refractivity contribution in [1.82, 2.24) is 5.32 Å². The number of nitrogens with one attached hydrogen (secondary N) is 1. The quantitative estimate of drug-likeness (QED) is 0.232. The van der Waals surface area contributed by atoms with Gasteiger partial charge in [-0.3, -0.25) is 0 Å². The van der Waals surface area contributed by atoms with Crippen molar-refractivity contribution in [1.29, 1.82) is 0 Å². The zero-order valence-electron chi connectivity index (χ0n) is 17.5. The van der Waals surface area contributed by atoms with Crippen molar-refractivity contribution in [3.05, 3.63) is 12.2 Å². The van der Waals surface area contributed by atoms with Gasteiger partial charge in [0.1, 0.15) is 0 Å². The minimum atomic E-state index is 0.00988. The average Bonchev–Trinajstić information content (AvgIpc) is 3.26. The molecule has 0 unspecified atom stereocenters. The van der Waals surface area contributed by atoms with E-state index >= 15 is 0 Å². The lowest BCUT2D eigenvalue weighted by molar-refractivity contribution is 0.136. The van der Waals surface area contributed by atoms with Crippen molar-refractivity contribution in [2.45, 2.75) is 115 Å². The van der Waals surface area contributed by atoms with Gasteiger partial charge in [-0.15, -0.1) is 0 Å². The summed E-state index contributed by atoms with van der Waals surface area (Å²) < 4.78 is 0. The van der Waals surface area contributed by atoms with E-state index in [2.05, 4.69) is 24.4 Å². The number of rotatable bonds is 17. The Labute approximate surface area is 163 Å². The fourth-order valence-electron chi connectivity index (χ4n) is 5.05. The predicted octanol–water partition coefficient (Wildman–Crippen LogP) is 6.38. The maximum Gasteiger partial charge on any atom is 0.0619 e. The van der Waals surface area contributed by atoms with Gasteiger partial charge in [-0.25, -0.2) is 0 Å². The molecular formula is C24H45NO. The van der Waals surface area contributed by atoms with Crippen LogP contribution in [0, 0.1) is 11.8 Å². The van der Waals surface area contributed by atoms with Crippen LogP contribution in [0.5, 0.6) is 0 Å². The van der Waals surface area contributed by atoms with E-state index in [1.807, 2.05) is 0 Å². The molecule has 0 spiro atoms. The van der Waals surface area contributed by atoms with Gasteiger partial charge in [0.25, 0.3) is 0 Å². The lowest BCUT2D eigenvalue weighted by atomic mass is 9.85. The molecule has 26 heavy (non-hydrogen) atoms. The van der Waals surface area contributed by atoms with E-state index in [9.17, 15) is 5.11 Å². The summed E-state index contributed by atoms with van der Waals surface area (Å²) in [5.74, 6) is 1.29. The lowest BCUT2D eigenvalue weighted by Crippen LogP contribution is -2.52. The molecule has 0 aromatic heterocycles. The molecule has 2 N–H and O–H groups in total. The zero-order chi connectivity index (χ0) is 18.5. The number of aliphatic hydroxyl groups excluding tert-OH is 1. The minimum absolute atomic E-state index is 0.00988. The molecule has 0 saturated heterocycles. The standard InChI is InChI=1S/C24H45NO/c1-2-3-4-5-6-7-8-9-10-11-12-13-14-15-18-25-24(21-26)20-22-16-17-23(24)19-22/h16-17,22-23,25-26H,2-15,18-21H2,1H3/t22-,23+,24+/m0/s1. The van der Waals surface area contributed by atoms with Crippen LogP contribution in [-0.4, -0.2) is 23.8 Å². The van der Waals surface area contributed by atoms with Crippen molar-refractivity contribution in [3.8, 4) is 0 Å². The number of allylic oxidation sites excluding steroid dienone is 1. The lowest BCUT2D eigenvalue weighted by Gasteiger charge is -2.35. The SMILES string of the molecule is CCCCCCCCCCCCCCCCN[C@@]1(CO)C[C@H]2C=C[C@@H]1C2. The molecule has 0 aromatic rings. The number of hydrogen-bond donors (Lipinski definition) is 2. The van der Waals surface area contributed by atoms with Gasteiger partial charge in [0.2, 0.25) is 0 Å². The molecule has 2 aliphatic carbocycles. The molecule has 3 atom stereocenters. The Morgan fingerprint density at radius 3 is 1.77 bits per heavy atom. The largest absolute Gasteiger partial charge is 0.394 e. The van der Waals surface area contributed by atoms with Crippen LogP contribution in [0.2, 0.25) is 0 Å². The fourth-order valence-corrected chi connectivity index (χ4v) is 5.05. The molecule has 2 heteroatoms. The Hall–Kier alpha value is -0.340. The van der Waals surface area contributed by atoms with Gasteiger partial charge in [0.15, 0.2) is 0 Å². The molecule has 0 aromatic carbocycles. The Balaban J connectivity index is 1.33. The minimum Gasteiger partial charge on any atom is -0.394 e. The first-order valence-corrected chi connectivity index (χ1v) is 11.8. The highest BCUT2D eigenvalue weighted by Crippen LogP contribution is 2.45. The third-order valence-corrected chi connectivity index (χ3v) is 6.80. The summed E-state index contributed by atoms with van der Waals surface area (Å²) in [6.07, 6.45) is 26.9. The molecule has 152 valence electrons. The van der Waals surface area contributed by atoms with Gasteiger partial charge >= 0.3 is 0 Å². The smallest absolute Gasteiger partial charge is 0.0619 e. The highest BCUT2D eigenvalue weighted by molar-refractivity contribution is 5.19. The summed E-state index contributed by atoms with van der Waals surface area (Å²) in [5.41, 5.74) is 0.00988. The average molecular weight is 364 g/mol. The molecule has 2 rings (SSSR count). The molecule has 1 saturated carbocycles. The Kier molecular flexibility index (Phi) is 10.9. The van der Waals surface area contributed by atoms with Crippen molar-refractivity contribution in [3.63, 3.8) is 0 Å². The second-order valence-corrected chi connectivity index (χ2v) is 9.03. The van der Waals surface area contributed by atoms with Gasteiger partial charge in [0.05, 0.1) is 6.61 Å². The van der Waals surface area contributed by atoms with Crippen LogP contribution in [0.3, 0.4) is 0 Å². The highest BCUT2D eigenvalue weighted by atomic mass is 16.3. The van der Waals surface area contributed by atoms with E-state index in [1.165, 1.54) is 96.3 Å². The predicted molar refractivity (Wildman–Crippen MR) is 113 cm³/mol. The molecule has 2 aliphatic rings. The molecular weight excluding hydrogens is 318 g/mol. The Morgan fingerprint density at radius 2 is 1.35 bits per heavy atom. The molecule has 2 nitrogen and oxygen atoms in total. The first kappa shape index (κ1) is 22.0. The van der Waals surface area contributed by atoms with Crippen molar-refractivity contribution >= 4 is 0 Å². The van der Waals surface area contributed by atoms with E-state index in [4.69, 9.17) is 0 Å². The normalized spacial score (nSPS) is 26.8. The van der Waals surface area contributed by atoms with Crippen LogP contribution < -0.4 is 5.32 Å². The number of hydrogen-bond acceptors (Lipinski definition) is 2. The molecule has 1 fully saturated rings. The van der Waals surface area contributed by atoms with Crippen LogP contribution in [-0.2, 0) is 0 Å². The third-order valence-electron chi connectivity index (χ3n) is 6.80. The summed E-state index contributed by atoms with van der Waals surface area (Å²) in [6, 6.07) is 0. The van der Waals surface area contributed by atoms with E-state index < -0.39 is 0 Å². The molecule has 0 aliphatic heterocycles. The summed E-state index contributed by atoms with van der Waals surface area (Å²) >= 11 is 0. The van der Waals surface area contributed by atoms with Crippen molar-refractivity contribution in [2.75, 3.05) is 13.2 Å². The fraction of sp³-hybridized carbons (Fsp3) is 0.917. The Morgan fingerprint density at radius 1 is 0.808 bits per heavy atom. The zero-order valence-corrected chi connectivity index (χ0v) is 17.5. The van der Waals surface area contributed by atoms with E-state index in [0.717, 1.165) is 18.9 Å². The van der Waals surface area contributed by atoms with Crippen LogP contribution in [0.15, 0.2) is 12.2 Å². The summed E-state index contributed by atoms with van der Waals surface area (Å²) in [7, 11) is 0. The van der Waals surface area contributed by atoms with Crippen LogP contribution >= 0.6 is 0 Å². The first-order valence-electron chi connectivity index (χ1n) is 11.8. The van der Waals surface area contributed by atoms with Crippen LogP contribution in [0.4, 0.5) is 0 Å². The number of unbranched alkanes of at least 4 members (excludes halogenated alkanes) is 13. The Bertz CT molecular complexity index is 380. The highest BCUT2D eigenvalue weighted by Gasteiger charge is 2.47. The molecule has 0 heterocycles. The molecule has 0 radical (unpaired) electrons. The summed E-state index contributed by atoms with van der Waals surface area (Å²) in [6.45, 7) is 3.67. The summed E-state index contributed by atoms with van der Waals surface area (Å²) in [5, 5.41) is 13.6. The number of fused-ring (bicyclic) bond motifs is 2. The van der Waals surface area contributed by atoms with E-state index in [1.54, 1.807) is 0 Å². The van der Waals surface area contributed by atoms with E-state index in [-0.39, 0.29) is 5.54 Å².